The van der Waals surface area contributed by atoms with Crippen LogP contribution in [0.15, 0.2) is 66.7 Å². The van der Waals surface area contributed by atoms with Crippen molar-refractivity contribution in [2.75, 3.05) is 0 Å². The molecular formula is C26H29P. The van der Waals surface area contributed by atoms with Gasteiger partial charge in [0.2, 0.25) is 0 Å². The van der Waals surface area contributed by atoms with E-state index >= 15 is 0 Å². The highest BCUT2D eigenvalue weighted by Crippen LogP contribution is 2.69. The van der Waals surface area contributed by atoms with Gasteiger partial charge < -0.3 is 0 Å². The van der Waals surface area contributed by atoms with Gasteiger partial charge in [-0.3, -0.25) is 0 Å². The van der Waals surface area contributed by atoms with Crippen molar-refractivity contribution in [2.45, 2.75) is 51.9 Å². The van der Waals surface area contributed by atoms with E-state index in [4.69, 9.17) is 0 Å². The zero-order valence-corrected chi connectivity index (χ0v) is 17.8. The Morgan fingerprint density at radius 2 is 1.04 bits per heavy atom. The Hall–Kier alpha value is -1.91. The van der Waals surface area contributed by atoms with Gasteiger partial charge in [0.1, 0.15) is 0 Å². The molecule has 0 amide bonds. The first kappa shape index (κ1) is 18.5. The molecule has 3 aromatic carbocycles. The average molecular weight is 372 g/mol. The second-order valence-corrected chi connectivity index (χ2v) is 10.7. The number of benzene rings is 3. The minimum absolute atomic E-state index is 0.272. The summed E-state index contributed by atoms with van der Waals surface area (Å²) in [5.41, 5.74) is 9.91. The Kier molecular flexibility index (Phi) is 5.20. The van der Waals surface area contributed by atoms with Gasteiger partial charge in [0.05, 0.1) is 0 Å². The Morgan fingerprint density at radius 1 is 0.593 bits per heavy atom. The molecule has 138 valence electrons. The van der Waals surface area contributed by atoms with Crippen LogP contribution in [0.2, 0.25) is 0 Å². The van der Waals surface area contributed by atoms with Gasteiger partial charge in [-0.2, -0.15) is 0 Å². The first-order chi connectivity index (χ1) is 13.0. The summed E-state index contributed by atoms with van der Waals surface area (Å²) in [5.74, 6) is 0. The van der Waals surface area contributed by atoms with Crippen molar-refractivity contribution in [3.8, 4) is 0 Å². The zero-order valence-electron chi connectivity index (χ0n) is 16.9. The quantitative estimate of drug-likeness (QED) is 0.423. The third-order valence-electron chi connectivity index (χ3n) is 5.94. The van der Waals surface area contributed by atoms with Crippen LogP contribution in [0.4, 0.5) is 0 Å². The van der Waals surface area contributed by atoms with Crippen LogP contribution < -0.4 is 5.30 Å². The second kappa shape index (κ2) is 7.61. The predicted octanol–water partition coefficient (Wildman–Crippen LogP) is 7.30. The van der Waals surface area contributed by atoms with Crippen LogP contribution in [0.1, 0.15) is 57.5 Å². The van der Waals surface area contributed by atoms with E-state index in [1.165, 1.54) is 46.2 Å². The smallest absolute Gasteiger partial charge is 0.00878 e. The molecule has 0 nitrogen and oxygen atoms in total. The highest BCUT2D eigenvalue weighted by molar-refractivity contribution is 7.66. The van der Waals surface area contributed by atoms with Crippen LogP contribution in [0.5, 0.6) is 0 Å². The first-order valence-electron chi connectivity index (χ1n) is 10.0. The van der Waals surface area contributed by atoms with Gasteiger partial charge in [0, 0.05) is 11.3 Å². The summed E-state index contributed by atoms with van der Waals surface area (Å²) in [6, 6.07) is 25.7. The number of hydrogen-bond acceptors (Lipinski definition) is 0. The fourth-order valence-electron chi connectivity index (χ4n) is 4.47. The second-order valence-electron chi connectivity index (χ2n) is 8.13. The SMILES string of the molecule is Cc1ccc(C2CCC(c3ccc(C)cc3)P2c2ccc(C)cc2C)cc1. The van der Waals surface area contributed by atoms with E-state index in [0.717, 1.165) is 0 Å². The van der Waals surface area contributed by atoms with Crippen LogP contribution in [-0.4, -0.2) is 0 Å². The van der Waals surface area contributed by atoms with E-state index in [1.54, 1.807) is 5.30 Å². The van der Waals surface area contributed by atoms with E-state index in [2.05, 4.69) is 94.4 Å². The van der Waals surface area contributed by atoms with Gasteiger partial charge in [-0.25, -0.2) is 0 Å². The molecule has 0 spiro atoms. The Labute approximate surface area is 165 Å². The number of aryl methyl sites for hydroxylation is 4. The molecule has 0 aromatic heterocycles. The topological polar surface area (TPSA) is 0 Å². The maximum absolute atomic E-state index is 2.42. The molecule has 0 saturated carbocycles. The molecular weight excluding hydrogens is 343 g/mol. The van der Waals surface area contributed by atoms with Gasteiger partial charge >= 0.3 is 0 Å². The van der Waals surface area contributed by atoms with Crippen molar-refractivity contribution in [1.82, 2.24) is 0 Å². The molecule has 0 aliphatic carbocycles. The molecule has 1 aliphatic rings. The van der Waals surface area contributed by atoms with Crippen LogP contribution in [0.3, 0.4) is 0 Å². The summed E-state index contributed by atoms with van der Waals surface area (Å²) in [7, 11) is -0.272. The Balaban J connectivity index is 1.80. The molecule has 2 atom stereocenters. The van der Waals surface area contributed by atoms with Crippen molar-refractivity contribution in [1.29, 1.82) is 0 Å². The van der Waals surface area contributed by atoms with Gasteiger partial charge in [-0.1, -0.05) is 91.3 Å². The summed E-state index contributed by atoms with van der Waals surface area (Å²) in [6.07, 6.45) is 2.58. The molecule has 0 N–H and O–H groups in total. The molecule has 1 heteroatoms. The average Bonchev–Trinajstić information content (AvgIpc) is 3.08. The van der Waals surface area contributed by atoms with Crippen molar-refractivity contribution in [3.05, 3.63) is 100 Å². The Morgan fingerprint density at radius 3 is 1.48 bits per heavy atom. The molecule has 2 unspecified atom stereocenters. The van der Waals surface area contributed by atoms with Crippen molar-refractivity contribution >= 4 is 13.2 Å². The third-order valence-corrected chi connectivity index (χ3v) is 9.45. The summed E-state index contributed by atoms with van der Waals surface area (Å²) >= 11 is 0. The lowest BCUT2D eigenvalue weighted by atomic mass is 10.0. The molecule has 0 bridgehead atoms. The van der Waals surface area contributed by atoms with Crippen molar-refractivity contribution in [2.24, 2.45) is 0 Å². The number of rotatable bonds is 3. The third kappa shape index (κ3) is 3.74. The molecule has 1 fully saturated rings. The lowest BCUT2D eigenvalue weighted by Gasteiger charge is -2.29. The van der Waals surface area contributed by atoms with Crippen LogP contribution in [0.25, 0.3) is 0 Å². The minimum atomic E-state index is -0.272. The summed E-state index contributed by atoms with van der Waals surface area (Å²) in [4.78, 5) is 0. The molecule has 1 aliphatic heterocycles. The molecule has 4 rings (SSSR count). The minimum Gasteiger partial charge on any atom is -0.0597 e. The molecule has 3 aromatic rings. The summed E-state index contributed by atoms with van der Waals surface area (Å²) in [5, 5.41) is 1.60. The van der Waals surface area contributed by atoms with Crippen molar-refractivity contribution < 1.29 is 0 Å². The standard InChI is InChI=1S/C26H29P/c1-18-5-10-22(11-6-18)25-15-16-26(23-12-7-19(2)8-13-23)27(25)24-14-9-20(3)17-21(24)4/h5-14,17,25-26H,15-16H2,1-4H3. The molecule has 1 saturated heterocycles. The highest BCUT2D eigenvalue weighted by Gasteiger charge is 2.38. The molecule has 1 heterocycles. The van der Waals surface area contributed by atoms with Crippen LogP contribution in [0, 0.1) is 27.7 Å². The lowest BCUT2D eigenvalue weighted by molar-refractivity contribution is 0.765. The van der Waals surface area contributed by atoms with Crippen LogP contribution in [-0.2, 0) is 0 Å². The first-order valence-corrected chi connectivity index (χ1v) is 11.5. The Bertz CT molecular complexity index is 868. The molecule has 27 heavy (non-hydrogen) atoms. The van der Waals surface area contributed by atoms with E-state index in [1.807, 2.05) is 0 Å². The number of hydrogen-bond donors (Lipinski definition) is 0. The largest absolute Gasteiger partial charge is 0.0597 e. The van der Waals surface area contributed by atoms with E-state index < -0.39 is 0 Å². The maximum atomic E-state index is 2.42. The predicted molar refractivity (Wildman–Crippen MR) is 120 cm³/mol. The fourth-order valence-corrected chi connectivity index (χ4v) is 8.14. The maximum Gasteiger partial charge on any atom is 0.00878 e. The van der Waals surface area contributed by atoms with Crippen LogP contribution >= 0.6 is 7.92 Å². The van der Waals surface area contributed by atoms with Gasteiger partial charge in [0.25, 0.3) is 0 Å². The van der Waals surface area contributed by atoms with E-state index in [0.29, 0.717) is 11.3 Å². The van der Waals surface area contributed by atoms with Gasteiger partial charge in [0.15, 0.2) is 0 Å². The van der Waals surface area contributed by atoms with Crippen molar-refractivity contribution in [3.63, 3.8) is 0 Å². The van der Waals surface area contributed by atoms with Gasteiger partial charge in [-0.15, -0.1) is 0 Å². The van der Waals surface area contributed by atoms with Gasteiger partial charge in [-0.05, 0) is 62.5 Å². The van der Waals surface area contributed by atoms with E-state index in [-0.39, 0.29) is 7.92 Å². The molecule has 0 radical (unpaired) electrons. The lowest BCUT2D eigenvalue weighted by Crippen LogP contribution is -2.11. The zero-order chi connectivity index (χ0) is 19.0. The normalized spacial score (nSPS) is 22.1. The summed E-state index contributed by atoms with van der Waals surface area (Å²) < 4.78 is 0. The fraction of sp³-hybridized carbons (Fsp3) is 0.308. The highest BCUT2D eigenvalue weighted by atomic mass is 31.1. The monoisotopic (exact) mass is 372 g/mol. The van der Waals surface area contributed by atoms with E-state index in [9.17, 15) is 0 Å². The summed E-state index contributed by atoms with van der Waals surface area (Å²) in [6.45, 7) is 8.87.